The smallest absolute Gasteiger partial charge is 0.223 e. The van der Waals surface area contributed by atoms with E-state index in [2.05, 4.69) is 6.92 Å². The summed E-state index contributed by atoms with van der Waals surface area (Å²) >= 11 is 4.87. The molecule has 1 rings (SSSR count). The molecule has 0 spiro atoms. The van der Waals surface area contributed by atoms with Crippen molar-refractivity contribution in [3.8, 4) is 0 Å². The van der Waals surface area contributed by atoms with Crippen molar-refractivity contribution in [1.29, 1.82) is 0 Å². The zero-order valence-corrected chi connectivity index (χ0v) is 10.9. The second-order valence-corrected chi connectivity index (χ2v) is 5.16. The summed E-state index contributed by atoms with van der Waals surface area (Å²) < 4.78 is 0. The van der Waals surface area contributed by atoms with Gasteiger partial charge in [-0.2, -0.15) is 0 Å². The number of carbonyl (C=O) groups excluding carboxylic acids is 1. The molecule has 92 valence electrons. The van der Waals surface area contributed by atoms with Crippen LogP contribution in [0.5, 0.6) is 0 Å². The van der Waals surface area contributed by atoms with Crippen molar-refractivity contribution in [2.45, 2.75) is 45.4 Å². The van der Waals surface area contributed by atoms with E-state index in [4.69, 9.17) is 18.0 Å². The summed E-state index contributed by atoms with van der Waals surface area (Å²) in [6.07, 6.45) is 6.61. The molecule has 0 aliphatic heterocycles. The van der Waals surface area contributed by atoms with E-state index in [0.29, 0.717) is 23.9 Å². The summed E-state index contributed by atoms with van der Waals surface area (Å²) in [5.74, 6) is 0.819. The molecule has 3 nitrogen and oxygen atoms in total. The molecular formula is C12H22N2OS. The Morgan fingerprint density at radius 3 is 2.56 bits per heavy atom. The van der Waals surface area contributed by atoms with Gasteiger partial charge < -0.3 is 10.6 Å². The second kappa shape index (κ2) is 6.84. The number of amides is 1. The highest BCUT2D eigenvalue weighted by Gasteiger charge is 2.21. The Labute approximate surface area is 103 Å². The van der Waals surface area contributed by atoms with Crippen LogP contribution in [0.25, 0.3) is 0 Å². The maximum atomic E-state index is 12.0. The standard InChI is InChI=1S/C12H22N2OS/c1-2-7-14(9-11(13)16)12(15)8-10-5-3-4-6-10/h10H,2-9H2,1H3,(H2,13,16). The first-order valence-electron chi connectivity index (χ1n) is 6.19. The SMILES string of the molecule is CCCN(CC(N)=S)C(=O)CC1CCCC1. The van der Waals surface area contributed by atoms with Crippen LogP contribution in [0.2, 0.25) is 0 Å². The maximum absolute atomic E-state index is 12.0. The average molecular weight is 242 g/mol. The number of hydrogen-bond acceptors (Lipinski definition) is 2. The Kier molecular flexibility index (Phi) is 5.74. The van der Waals surface area contributed by atoms with Crippen molar-refractivity contribution in [3.05, 3.63) is 0 Å². The second-order valence-electron chi connectivity index (χ2n) is 4.64. The van der Waals surface area contributed by atoms with E-state index >= 15 is 0 Å². The van der Waals surface area contributed by atoms with Gasteiger partial charge in [-0.05, 0) is 25.2 Å². The van der Waals surface area contributed by atoms with Gasteiger partial charge in [0.2, 0.25) is 5.91 Å². The number of nitrogens with zero attached hydrogens (tertiary/aromatic N) is 1. The molecule has 0 atom stereocenters. The van der Waals surface area contributed by atoms with Gasteiger partial charge in [-0.15, -0.1) is 0 Å². The first-order valence-corrected chi connectivity index (χ1v) is 6.60. The van der Waals surface area contributed by atoms with Gasteiger partial charge in [-0.3, -0.25) is 4.79 Å². The van der Waals surface area contributed by atoms with Crippen LogP contribution in [0.15, 0.2) is 0 Å². The Bertz CT molecular complexity index is 249. The van der Waals surface area contributed by atoms with Crippen molar-refractivity contribution in [3.63, 3.8) is 0 Å². The number of nitrogens with two attached hydrogens (primary N) is 1. The minimum absolute atomic E-state index is 0.224. The van der Waals surface area contributed by atoms with Crippen LogP contribution >= 0.6 is 12.2 Å². The van der Waals surface area contributed by atoms with Crippen LogP contribution in [-0.2, 0) is 4.79 Å². The topological polar surface area (TPSA) is 46.3 Å². The van der Waals surface area contributed by atoms with E-state index in [9.17, 15) is 4.79 Å². The summed E-state index contributed by atoms with van der Waals surface area (Å²) in [6, 6.07) is 0. The van der Waals surface area contributed by atoms with Gasteiger partial charge in [0.15, 0.2) is 0 Å². The highest BCUT2D eigenvalue weighted by molar-refractivity contribution is 7.80. The fourth-order valence-corrected chi connectivity index (χ4v) is 2.50. The molecule has 0 radical (unpaired) electrons. The van der Waals surface area contributed by atoms with E-state index in [-0.39, 0.29) is 5.91 Å². The normalized spacial score (nSPS) is 16.3. The summed E-state index contributed by atoms with van der Waals surface area (Å²) in [6.45, 7) is 3.27. The van der Waals surface area contributed by atoms with Crippen LogP contribution in [0.3, 0.4) is 0 Å². The summed E-state index contributed by atoms with van der Waals surface area (Å²) in [4.78, 5) is 14.3. The summed E-state index contributed by atoms with van der Waals surface area (Å²) in [5.41, 5.74) is 5.51. The molecule has 1 aliphatic rings. The molecule has 4 heteroatoms. The predicted octanol–water partition coefficient (Wildman–Crippen LogP) is 2.09. The van der Waals surface area contributed by atoms with Crippen LogP contribution in [0.4, 0.5) is 0 Å². The minimum Gasteiger partial charge on any atom is -0.392 e. The molecule has 0 bridgehead atoms. The minimum atomic E-state index is 0.224. The Hall–Kier alpha value is -0.640. The first-order chi connectivity index (χ1) is 7.63. The summed E-state index contributed by atoms with van der Waals surface area (Å²) in [7, 11) is 0. The number of hydrogen-bond donors (Lipinski definition) is 1. The third-order valence-electron chi connectivity index (χ3n) is 3.13. The van der Waals surface area contributed by atoms with Gasteiger partial charge in [0.05, 0.1) is 11.5 Å². The van der Waals surface area contributed by atoms with E-state index in [1.54, 1.807) is 4.90 Å². The van der Waals surface area contributed by atoms with Crippen molar-refractivity contribution >= 4 is 23.1 Å². The van der Waals surface area contributed by atoms with Gasteiger partial charge in [0.25, 0.3) is 0 Å². The van der Waals surface area contributed by atoms with Crippen LogP contribution in [-0.4, -0.2) is 28.9 Å². The highest BCUT2D eigenvalue weighted by atomic mass is 32.1. The van der Waals surface area contributed by atoms with E-state index in [0.717, 1.165) is 13.0 Å². The van der Waals surface area contributed by atoms with Crippen molar-refractivity contribution < 1.29 is 4.79 Å². The van der Waals surface area contributed by atoms with Crippen molar-refractivity contribution in [1.82, 2.24) is 4.90 Å². The van der Waals surface area contributed by atoms with Crippen molar-refractivity contribution in [2.75, 3.05) is 13.1 Å². The zero-order chi connectivity index (χ0) is 12.0. The van der Waals surface area contributed by atoms with Crippen LogP contribution in [0.1, 0.15) is 45.4 Å². The maximum Gasteiger partial charge on any atom is 0.223 e. The van der Waals surface area contributed by atoms with E-state index < -0.39 is 0 Å². The first kappa shape index (κ1) is 13.4. The Morgan fingerprint density at radius 2 is 2.06 bits per heavy atom. The number of carbonyl (C=O) groups is 1. The monoisotopic (exact) mass is 242 g/mol. The van der Waals surface area contributed by atoms with Gasteiger partial charge in [0, 0.05) is 13.0 Å². The predicted molar refractivity (Wildman–Crippen MR) is 70.2 cm³/mol. The molecule has 0 aromatic carbocycles. The number of rotatable bonds is 6. The lowest BCUT2D eigenvalue weighted by molar-refractivity contribution is -0.131. The fourth-order valence-electron chi connectivity index (χ4n) is 2.34. The molecule has 1 fully saturated rings. The van der Waals surface area contributed by atoms with E-state index in [1.165, 1.54) is 25.7 Å². The van der Waals surface area contributed by atoms with E-state index in [1.807, 2.05) is 0 Å². The molecule has 1 saturated carbocycles. The lowest BCUT2D eigenvalue weighted by Gasteiger charge is -2.23. The molecule has 16 heavy (non-hydrogen) atoms. The molecule has 0 unspecified atom stereocenters. The third kappa shape index (κ3) is 4.47. The van der Waals surface area contributed by atoms with Gasteiger partial charge in [0.1, 0.15) is 0 Å². The summed E-state index contributed by atoms with van der Waals surface area (Å²) in [5, 5.41) is 0. The molecule has 0 heterocycles. The third-order valence-corrected chi connectivity index (χ3v) is 3.26. The largest absolute Gasteiger partial charge is 0.392 e. The lowest BCUT2D eigenvalue weighted by Crippen LogP contribution is -2.38. The van der Waals surface area contributed by atoms with Crippen LogP contribution < -0.4 is 5.73 Å². The van der Waals surface area contributed by atoms with Crippen LogP contribution in [0, 0.1) is 5.92 Å². The average Bonchev–Trinajstić information content (AvgIpc) is 2.69. The molecule has 1 aliphatic carbocycles. The fraction of sp³-hybridized carbons (Fsp3) is 0.833. The van der Waals surface area contributed by atoms with Gasteiger partial charge >= 0.3 is 0 Å². The zero-order valence-electron chi connectivity index (χ0n) is 10.1. The van der Waals surface area contributed by atoms with Crippen molar-refractivity contribution in [2.24, 2.45) is 11.7 Å². The lowest BCUT2D eigenvalue weighted by atomic mass is 10.0. The van der Waals surface area contributed by atoms with Gasteiger partial charge in [-0.25, -0.2) is 0 Å². The number of thiocarbonyl (C=S) groups is 1. The molecule has 0 saturated heterocycles. The quantitative estimate of drug-likeness (QED) is 0.725. The highest BCUT2D eigenvalue weighted by Crippen LogP contribution is 2.27. The molecule has 1 amide bonds. The molecule has 0 aromatic rings. The molecule has 2 N–H and O–H groups in total. The Balaban J connectivity index is 2.42. The van der Waals surface area contributed by atoms with Gasteiger partial charge in [-0.1, -0.05) is 32.0 Å². The molecular weight excluding hydrogens is 220 g/mol. The molecule has 0 aromatic heterocycles. The Morgan fingerprint density at radius 1 is 1.44 bits per heavy atom.